The third kappa shape index (κ3) is 4.83. The molecule has 1 aliphatic rings. The number of nitrogens with zero attached hydrogens (tertiary/aromatic N) is 2. The quantitative estimate of drug-likeness (QED) is 0.359. The zero-order valence-corrected chi connectivity index (χ0v) is 17.7. The topological polar surface area (TPSA) is 123 Å². The van der Waals surface area contributed by atoms with Crippen molar-refractivity contribution in [2.24, 2.45) is 11.7 Å². The minimum Gasteiger partial charge on any atom is -0.484 e. The van der Waals surface area contributed by atoms with Gasteiger partial charge in [0.15, 0.2) is 12.4 Å². The normalized spacial score (nSPS) is 18.6. The summed E-state index contributed by atoms with van der Waals surface area (Å²) in [4.78, 5) is 53.0. The fourth-order valence-electron chi connectivity index (χ4n) is 3.54. The summed E-state index contributed by atoms with van der Waals surface area (Å²) in [6.45, 7) is 2.23. The lowest BCUT2D eigenvalue weighted by Crippen LogP contribution is -2.36. The van der Waals surface area contributed by atoms with Crippen LogP contribution in [0.3, 0.4) is 0 Å². The van der Waals surface area contributed by atoms with E-state index in [1.165, 1.54) is 11.0 Å². The molecule has 0 spiro atoms. The van der Waals surface area contributed by atoms with E-state index in [0.717, 1.165) is 0 Å². The van der Waals surface area contributed by atoms with Crippen molar-refractivity contribution in [2.75, 3.05) is 33.8 Å². The number of aryl methyl sites for hydroxylation is 1. The number of nitrogens with two attached hydrogens (primary N) is 1. The maximum absolute atomic E-state index is 13.1. The number of ether oxygens (including phenoxy) is 1. The van der Waals surface area contributed by atoms with Crippen LogP contribution in [0.25, 0.3) is 0 Å². The van der Waals surface area contributed by atoms with E-state index in [4.69, 9.17) is 14.9 Å². The van der Waals surface area contributed by atoms with Crippen molar-refractivity contribution in [1.82, 2.24) is 9.80 Å². The maximum atomic E-state index is 13.1. The van der Waals surface area contributed by atoms with Gasteiger partial charge in [0.05, 0.1) is 6.04 Å². The van der Waals surface area contributed by atoms with Crippen LogP contribution in [0.4, 0.5) is 0 Å². The van der Waals surface area contributed by atoms with Gasteiger partial charge in [0.1, 0.15) is 17.4 Å². The van der Waals surface area contributed by atoms with Crippen LogP contribution in [-0.4, -0.2) is 67.0 Å². The third-order valence-electron chi connectivity index (χ3n) is 5.06. The monoisotopic (exact) mass is 427 g/mol. The first-order valence-electron chi connectivity index (χ1n) is 9.80. The molecule has 0 radical (unpaired) electrons. The first kappa shape index (κ1) is 22.2. The summed E-state index contributed by atoms with van der Waals surface area (Å²) in [7, 11) is 3.72. The van der Waals surface area contributed by atoms with Crippen LogP contribution in [0.1, 0.15) is 27.9 Å². The summed E-state index contributed by atoms with van der Waals surface area (Å²) in [5.74, 6) is -2.80. The first-order valence-corrected chi connectivity index (χ1v) is 9.80. The molecule has 2 amide bonds. The molecule has 9 heteroatoms. The highest BCUT2D eigenvalue weighted by Gasteiger charge is 2.52. The van der Waals surface area contributed by atoms with E-state index in [1.807, 2.05) is 19.0 Å². The van der Waals surface area contributed by atoms with Gasteiger partial charge in [-0.25, -0.2) is 0 Å². The molecular weight excluding hydrogens is 402 g/mol. The van der Waals surface area contributed by atoms with Gasteiger partial charge in [-0.15, -0.1) is 0 Å². The number of benzene rings is 1. The average molecular weight is 427 g/mol. The van der Waals surface area contributed by atoms with Crippen molar-refractivity contribution in [2.45, 2.75) is 13.0 Å². The van der Waals surface area contributed by atoms with Crippen LogP contribution in [0.15, 0.2) is 40.8 Å². The minimum absolute atomic E-state index is 0.0459. The van der Waals surface area contributed by atoms with Crippen LogP contribution in [0.2, 0.25) is 0 Å². The van der Waals surface area contributed by atoms with Crippen molar-refractivity contribution in [1.29, 1.82) is 0 Å². The standard InChI is InChI=1S/C22H25N3O6/c1-13-4-9-16(31-13)20(27)18-19(25(11-10-24(2)3)22(29)21(18)28)14-5-7-15(8-6-14)30-12-17(23)26/h4-9,18-19H,10-12H2,1-3H3,(H2,23,26). The van der Waals surface area contributed by atoms with Crippen LogP contribution in [0, 0.1) is 12.8 Å². The van der Waals surface area contributed by atoms with E-state index >= 15 is 0 Å². The molecule has 31 heavy (non-hydrogen) atoms. The van der Waals surface area contributed by atoms with E-state index in [0.29, 0.717) is 23.6 Å². The van der Waals surface area contributed by atoms with Gasteiger partial charge >= 0.3 is 0 Å². The third-order valence-corrected chi connectivity index (χ3v) is 5.06. The number of Topliss-reactive ketones (excluding diaryl/α,β-unsaturated/α-hetero) is 2. The van der Waals surface area contributed by atoms with Gasteiger partial charge in [-0.1, -0.05) is 12.1 Å². The molecule has 1 aliphatic heterocycles. The fraction of sp³-hybridized carbons (Fsp3) is 0.364. The number of hydrogen-bond acceptors (Lipinski definition) is 7. The number of primary amides is 1. The van der Waals surface area contributed by atoms with E-state index in [2.05, 4.69) is 0 Å². The average Bonchev–Trinajstić information content (AvgIpc) is 3.26. The van der Waals surface area contributed by atoms with Gasteiger partial charge in [-0.3, -0.25) is 19.2 Å². The Labute approximate surface area is 179 Å². The number of amides is 2. The summed E-state index contributed by atoms with van der Waals surface area (Å²) in [5, 5.41) is 0. The summed E-state index contributed by atoms with van der Waals surface area (Å²) in [6.07, 6.45) is 0. The van der Waals surface area contributed by atoms with Gasteiger partial charge in [-0.2, -0.15) is 0 Å². The second-order valence-corrected chi connectivity index (χ2v) is 7.69. The Hall–Kier alpha value is -3.46. The molecule has 2 atom stereocenters. The van der Waals surface area contributed by atoms with E-state index in [1.54, 1.807) is 37.3 Å². The molecule has 2 heterocycles. The SMILES string of the molecule is Cc1ccc(C(=O)C2C(=O)C(=O)N(CCN(C)C)C2c2ccc(OCC(N)=O)cc2)o1. The lowest BCUT2D eigenvalue weighted by molar-refractivity contribution is -0.140. The smallest absolute Gasteiger partial charge is 0.291 e. The van der Waals surface area contributed by atoms with Crippen molar-refractivity contribution >= 4 is 23.4 Å². The second-order valence-electron chi connectivity index (χ2n) is 7.69. The summed E-state index contributed by atoms with van der Waals surface area (Å²) in [6, 6.07) is 8.92. The number of ketones is 2. The molecule has 0 saturated carbocycles. The van der Waals surface area contributed by atoms with E-state index in [9.17, 15) is 19.2 Å². The predicted octanol–water partition coefficient (Wildman–Crippen LogP) is 0.965. The number of likely N-dealkylation sites (N-methyl/N-ethyl adjacent to an activating group) is 1. The molecule has 0 aliphatic carbocycles. The Balaban J connectivity index is 1.96. The number of likely N-dealkylation sites (tertiary alicyclic amines) is 1. The molecular formula is C22H25N3O6. The Morgan fingerprint density at radius 1 is 1.13 bits per heavy atom. The summed E-state index contributed by atoms with van der Waals surface area (Å²) in [5.41, 5.74) is 5.69. The zero-order valence-electron chi connectivity index (χ0n) is 17.7. The second kappa shape index (κ2) is 9.13. The van der Waals surface area contributed by atoms with Gasteiger partial charge in [0.25, 0.3) is 11.8 Å². The molecule has 1 fully saturated rings. The Kier molecular flexibility index (Phi) is 6.55. The predicted molar refractivity (Wildman–Crippen MR) is 110 cm³/mol. The Morgan fingerprint density at radius 3 is 2.35 bits per heavy atom. The summed E-state index contributed by atoms with van der Waals surface area (Å²) < 4.78 is 10.7. The van der Waals surface area contributed by atoms with Crippen LogP contribution < -0.4 is 10.5 Å². The molecule has 0 bridgehead atoms. The maximum Gasteiger partial charge on any atom is 0.291 e. The molecule has 2 N–H and O–H groups in total. The number of carbonyl (C=O) groups is 4. The van der Waals surface area contributed by atoms with Crippen molar-refractivity contribution in [3.63, 3.8) is 0 Å². The van der Waals surface area contributed by atoms with Crippen molar-refractivity contribution in [3.05, 3.63) is 53.5 Å². The highest BCUT2D eigenvalue weighted by molar-refractivity contribution is 6.43. The zero-order chi connectivity index (χ0) is 22.7. The molecule has 164 valence electrons. The molecule has 2 unspecified atom stereocenters. The lowest BCUT2D eigenvalue weighted by atomic mass is 9.88. The van der Waals surface area contributed by atoms with Crippen molar-refractivity contribution in [3.8, 4) is 5.75 Å². The van der Waals surface area contributed by atoms with Gasteiger partial charge < -0.3 is 24.7 Å². The van der Waals surface area contributed by atoms with Crippen LogP contribution >= 0.6 is 0 Å². The van der Waals surface area contributed by atoms with Crippen LogP contribution in [0.5, 0.6) is 5.75 Å². The minimum atomic E-state index is -1.21. The number of furan rings is 1. The molecule has 2 aromatic rings. The number of rotatable bonds is 9. The fourth-order valence-corrected chi connectivity index (χ4v) is 3.54. The molecule has 1 saturated heterocycles. The van der Waals surface area contributed by atoms with Crippen LogP contribution in [-0.2, 0) is 14.4 Å². The summed E-state index contributed by atoms with van der Waals surface area (Å²) >= 11 is 0. The van der Waals surface area contributed by atoms with Gasteiger partial charge in [0, 0.05) is 13.1 Å². The molecule has 1 aromatic heterocycles. The van der Waals surface area contributed by atoms with E-state index < -0.39 is 35.3 Å². The molecule has 3 rings (SSSR count). The number of carbonyl (C=O) groups excluding carboxylic acids is 4. The lowest BCUT2D eigenvalue weighted by Gasteiger charge is -2.28. The number of hydrogen-bond donors (Lipinski definition) is 1. The van der Waals surface area contributed by atoms with Gasteiger partial charge in [-0.05, 0) is 50.8 Å². The Morgan fingerprint density at radius 2 is 1.81 bits per heavy atom. The van der Waals surface area contributed by atoms with Crippen molar-refractivity contribution < 1.29 is 28.3 Å². The largest absolute Gasteiger partial charge is 0.484 e. The molecule has 9 nitrogen and oxygen atoms in total. The van der Waals surface area contributed by atoms with Gasteiger partial charge in [0.2, 0.25) is 11.6 Å². The first-order chi connectivity index (χ1) is 14.7. The highest BCUT2D eigenvalue weighted by Crippen LogP contribution is 2.38. The Bertz CT molecular complexity index is 995. The highest BCUT2D eigenvalue weighted by atomic mass is 16.5. The van der Waals surface area contributed by atoms with E-state index in [-0.39, 0.29) is 18.9 Å². The molecule has 1 aromatic carbocycles.